The Bertz CT molecular complexity index is 421. The second kappa shape index (κ2) is 3.89. The van der Waals surface area contributed by atoms with E-state index in [1.54, 1.807) is 30.3 Å². The minimum Gasteiger partial charge on any atom is -0.280 e. The minimum absolute atomic E-state index is 0.565. The predicted octanol–water partition coefficient (Wildman–Crippen LogP) is 1.20. The van der Waals surface area contributed by atoms with Gasteiger partial charge >= 0.3 is 10.1 Å². The fraction of sp³-hybridized carbons (Fsp3) is 0.222. The minimum atomic E-state index is -4.59. The summed E-state index contributed by atoms with van der Waals surface area (Å²) in [6.45, 7) is 1.44. The summed E-state index contributed by atoms with van der Waals surface area (Å²) in [4.78, 5) is 11.1. The molecule has 0 fully saturated rings. The number of hydrogen-bond donors (Lipinski definition) is 1. The lowest BCUT2D eigenvalue weighted by Gasteiger charge is -2.07. The summed E-state index contributed by atoms with van der Waals surface area (Å²) in [5.74, 6) is -0.841. The third-order valence-electron chi connectivity index (χ3n) is 1.91. The molecule has 5 heteroatoms. The normalized spacial score (nSPS) is 13.6. The highest BCUT2D eigenvalue weighted by molar-refractivity contribution is 8.01. The SMILES string of the molecule is C[C@@H](C(=O)S(=O)(=O)O)c1ccccc1. The van der Waals surface area contributed by atoms with Crippen molar-refractivity contribution in [1.29, 1.82) is 0 Å². The van der Waals surface area contributed by atoms with Crippen molar-refractivity contribution in [2.75, 3.05) is 0 Å². The van der Waals surface area contributed by atoms with Crippen molar-refractivity contribution in [2.45, 2.75) is 12.8 Å². The number of benzene rings is 1. The van der Waals surface area contributed by atoms with Crippen LogP contribution in [0.5, 0.6) is 0 Å². The van der Waals surface area contributed by atoms with Crippen molar-refractivity contribution in [1.82, 2.24) is 0 Å². The van der Waals surface area contributed by atoms with Crippen molar-refractivity contribution >= 4 is 15.2 Å². The highest BCUT2D eigenvalue weighted by atomic mass is 32.2. The third kappa shape index (κ3) is 2.40. The van der Waals surface area contributed by atoms with Gasteiger partial charge in [0.1, 0.15) is 0 Å². The zero-order chi connectivity index (χ0) is 10.8. The second-order valence-electron chi connectivity index (χ2n) is 2.93. The molecule has 4 nitrogen and oxygen atoms in total. The molecule has 0 aliphatic rings. The number of carbonyl (C=O) groups is 1. The van der Waals surface area contributed by atoms with Gasteiger partial charge in [0.05, 0.1) is 5.92 Å². The van der Waals surface area contributed by atoms with E-state index in [-0.39, 0.29) is 0 Å². The molecule has 0 unspecified atom stereocenters. The molecule has 0 aliphatic heterocycles. The molecule has 0 amide bonds. The van der Waals surface area contributed by atoms with Gasteiger partial charge in [0.2, 0.25) is 0 Å². The first-order valence-electron chi connectivity index (χ1n) is 3.99. The quantitative estimate of drug-likeness (QED) is 0.751. The Labute approximate surface area is 82.3 Å². The first-order chi connectivity index (χ1) is 6.43. The lowest BCUT2D eigenvalue weighted by atomic mass is 10.0. The van der Waals surface area contributed by atoms with Gasteiger partial charge in [-0.3, -0.25) is 9.35 Å². The molecule has 1 N–H and O–H groups in total. The van der Waals surface area contributed by atoms with Gasteiger partial charge in [0.25, 0.3) is 5.12 Å². The maximum Gasteiger partial charge on any atom is 0.329 e. The molecule has 0 heterocycles. The Morgan fingerprint density at radius 3 is 2.21 bits per heavy atom. The summed E-state index contributed by atoms with van der Waals surface area (Å²) >= 11 is 0. The number of rotatable bonds is 2. The van der Waals surface area contributed by atoms with Crippen molar-refractivity contribution in [2.24, 2.45) is 0 Å². The lowest BCUT2D eigenvalue weighted by Crippen LogP contribution is -2.19. The second-order valence-corrected chi connectivity index (χ2v) is 4.28. The molecule has 0 bridgehead atoms. The smallest absolute Gasteiger partial charge is 0.280 e. The highest BCUT2D eigenvalue weighted by Gasteiger charge is 2.26. The molecule has 1 aromatic carbocycles. The van der Waals surface area contributed by atoms with E-state index in [4.69, 9.17) is 4.55 Å². The summed E-state index contributed by atoms with van der Waals surface area (Å²) in [5.41, 5.74) is 0.565. The molecule has 76 valence electrons. The van der Waals surface area contributed by atoms with Crippen LogP contribution in [0.2, 0.25) is 0 Å². The fourth-order valence-electron chi connectivity index (χ4n) is 1.10. The van der Waals surface area contributed by atoms with Gasteiger partial charge < -0.3 is 0 Å². The average Bonchev–Trinajstić information content (AvgIpc) is 2.15. The van der Waals surface area contributed by atoms with Gasteiger partial charge in [-0.25, -0.2) is 0 Å². The maximum atomic E-state index is 11.1. The standard InChI is InChI=1S/C9H10O4S/c1-7(9(10)14(11,12)13)8-5-3-2-4-6-8/h2-7H,1H3,(H,11,12,13)/t7-/m1/s1. The Hall–Kier alpha value is -1.20. The number of hydrogen-bond acceptors (Lipinski definition) is 3. The predicted molar refractivity (Wildman–Crippen MR) is 51.4 cm³/mol. The van der Waals surface area contributed by atoms with E-state index in [0.29, 0.717) is 5.56 Å². The van der Waals surface area contributed by atoms with Crippen molar-refractivity contribution in [3.05, 3.63) is 35.9 Å². The Morgan fingerprint density at radius 1 is 1.29 bits per heavy atom. The molecule has 1 atom stereocenters. The van der Waals surface area contributed by atoms with Crippen LogP contribution < -0.4 is 0 Å². The molecular weight excluding hydrogens is 204 g/mol. The zero-order valence-electron chi connectivity index (χ0n) is 7.54. The van der Waals surface area contributed by atoms with E-state index >= 15 is 0 Å². The fourth-order valence-corrected chi connectivity index (χ4v) is 1.68. The van der Waals surface area contributed by atoms with Crippen molar-refractivity contribution in [3.63, 3.8) is 0 Å². The highest BCUT2D eigenvalue weighted by Crippen LogP contribution is 2.17. The molecule has 1 rings (SSSR count). The van der Waals surface area contributed by atoms with Crippen LogP contribution in [-0.2, 0) is 14.9 Å². The van der Waals surface area contributed by atoms with E-state index in [1.807, 2.05) is 0 Å². The summed E-state index contributed by atoms with van der Waals surface area (Å²) in [7, 11) is -4.59. The van der Waals surface area contributed by atoms with E-state index < -0.39 is 21.2 Å². The van der Waals surface area contributed by atoms with Gasteiger partial charge in [0.15, 0.2) is 0 Å². The van der Waals surface area contributed by atoms with Gasteiger partial charge in [0, 0.05) is 0 Å². The first kappa shape index (κ1) is 10.9. The molecule has 0 saturated carbocycles. The Kier molecular flexibility index (Phi) is 3.03. The van der Waals surface area contributed by atoms with Gasteiger partial charge in [-0.1, -0.05) is 37.3 Å². The molecule has 0 radical (unpaired) electrons. The molecule has 0 aromatic heterocycles. The van der Waals surface area contributed by atoms with E-state index in [1.165, 1.54) is 6.92 Å². The van der Waals surface area contributed by atoms with Crippen LogP contribution in [0.1, 0.15) is 18.4 Å². The Balaban J connectivity index is 2.99. The Morgan fingerprint density at radius 2 is 1.79 bits per heavy atom. The van der Waals surface area contributed by atoms with Crippen molar-refractivity contribution < 1.29 is 17.8 Å². The monoisotopic (exact) mass is 214 g/mol. The van der Waals surface area contributed by atoms with Crippen LogP contribution in [0.25, 0.3) is 0 Å². The average molecular weight is 214 g/mol. The zero-order valence-corrected chi connectivity index (χ0v) is 8.36. The lowest BCUT2D eigenvalue weighted by molar-refractivity contribution is -0.113. The van der Waals surface area contributed by atoms with Gasteiger partial charge in [-0.05, 0) is 5.56 Å². The summed E-state index contributed by atoms with van der Waals surface area (Å²) in [6, 6.07) is 8.42. The number of carbonyl (C=O) groups excluding carboxylic acids is 1. The van der Waals surface area contributed by atoms with Crippen molar-refractivity contribution in [3.8, 4) is 0 Å². The maximum absolute atomic E-state index is 11.1. The topological polar surface area (TPSA) is 71.4 Å². The molecule has 0 saturated heterocycles. The summed E-state index contributed by atoms with van der Waals surface area (Å²) in [5, 5.41) is -1.18. The van der Waals surface area contributed by atoms with Gasteiger partial charge in [-0.2, -0.15) is 8.42 Å². The van der Waals surface area contributed by atoms with Crippen LogP contribution in [-0.4, -0.2) is 18.1 Å². The molecule has 0 aliphatic carbocycles. The molecule has 1 aromatic rings. The van der Waals surface area contributed by atoms with Crippen LogP contribution in [0.3, 0.4) is 0 Å². The summed E-state index contributed by atoms with van der Waals surface area (Å²) < 4.78 is 29.6. The van der Waals surface area contributed by atoms with Crippen LogP contribution >= 0.6 is 0 Å². The van der Waals surface area contributed by atoms with E-state index in [2.05, 4.69) is 0 Å². The van der Waals surface area contributed by atoms with Crippen LogP contribution in [0.4, 0.5) is 0 Å². The van der Waals surface area contributed by atoms with Gasteiger partial charge in [-0.15, -0.1) is 0 Å². The first-order valence-corrected chi connectivity index (χ1v) is 5.43. The van der Waals surface area contributed by atoms with Crippen LogP contribution in [0.15, 0.2) is 30.3 Å². The molecule has 14 heavy (non-hydrogen) atoms. The molecular formula is C9H10O4S. The van der Waals surface area contributed by atoms with E-state index in [9.17, 15) is 13.2 Å². The summed E-state index contributed by atoms with van der Waals surface area (Å²) in [6.07, 6.45) is 0. The largest absolute Gasteiger partial charge is 0.329 e. The molecule has 0 spiro atoms. The third-order valence-corrected chi connectivity index (χ3v) is 2.77. The van der Waals surface area contributed by atoms with Crippen LogP contribution in [0, 0.1) is 0 Å². The van der Waals surface area contributed by atoms with E-state index in [0.717, 1.165) is 0 Å².